The van der Waals surface area contributed by atoms with Crippen LogP contribution < -0.4 is 16.6 Å². The van der Waals surface area contributed by atoms with Crippen molar-refractivity contribution in [3.05, 3.63) is 79.0 Å². The number of aryl methyl sites for hydroxylation is 1. The van der Waals surface area contributed by atoms with E-state index in [-0.39, 0.29) is 18.8 Å². The van der Waals surface area contributed by atoms with Crippen LogP contribution in [0.15, 0.2) is 50.6 Å². The molecule has 0 spiro atoms. The molecule has 0 bridgehead atoms. The van der Waals surface area contributed by atoms with Gasteiger partial charge in [0.1, 0.15) is 13.2 Å². The van der Waals surface area contributed by atoms with E-state index in [1.807, 2.05) is 12.1 Å². The lowest BCUT2D eigenvalue weighted by molar-refractivity contribution is -0.121. The SMILES string of the molecule is Cc1cc(C(=O)OCCNC(=O)Cn2cc(F)c(=O)[nH]c2=O)n(-c2ccccc2Br)n1. The van der Waals surface area contributed by atoms with Gasteiger partial charge in [-0.2, -0.15) is 9.49 Å². The number of hydrogen-bond donors (Lipinski definition) is 2. The van der Waals surface area contributed by atoms with Gasteiger partial charge in [-0.1, -0.05) is 12.1 Å². The minimum atomic E-state index is -1.18. The van der Waals surface area contributed by atoms with Gasteiger partial charge in [-0.3, -0.25) is 19.1 Å². The lowest BCUT2D eigenvalue weighted by Gasteiger charge is -2.10. The summed E-state index contributed by atoms with van der Waals surface area (Å²) in [7, 11) is 0. The summed E-state index contributed by atoms with van der Waals surface area (Å²) in [6, 6.07) is 8.82. The normalized spacial score (nSPS) is 10.7. The number of aromatic amines is 1. The van der Waals surface area contributed by atoms with Crippen LogP contribution in [0.3, 0.4) is 0 Å². The van der Waals surface area contributed by atoms with Crippen molar-refractivity contribution >= 4 is 27.8 Å². The van der Waals surface area contributed by atoms with Crippen molar-refractivity contribution in [3.8, 4) is 5.69 Å². The van der Waals surface area contributed by atoms with Gasteiger partial charge in [0, 0.05) is 4.47 Å². The Morgan fingerprint density at radius 3 is 2.77 bits per heavy atom. The number of nitrogens with one attached hydrogen (secondary N) is 2. The molecule has 12 heteroatoms. The average Bonchev–Trinajstić information content (AvgIpc) is 3.11. The molecule has 1 amide bonds. The maximum atomic E-state index is 13.2. The second-order valence-electron chi connectivity index (χ2n) is 6.38. The molecule has 2 heterocycles. The van der Waals surface area contributed by atoms with Crippen LogP contribution in [0.4, 0.5) is 4.39 Å². The molecule has 0 radical (unpaired) electrons. The number of para-hydroxylation sites is 1. The van der Waals surface area contributed by atoms with Crippen molar-refractivity contribution in [2.45, 2.75) is 13.5 Å². The van der Waals surface area contributed by atoms with E-state index in [4.69, 9.17) is 4.74 Å². The monoisotopic (exact) mass is 493 g/mol. The zero-order valence-corrected chi connectivity index (χ0v) is 17.8. The largest absolute Gasteiger partial charge is 0.459 e. The van der Waals surface area contributed by atoms with Crippen molar-refractivity contribution < 1.29 is 18.7 Å². The van der Waals surface area contributed by atoms with Gasteiger partial charge in [0.25, 0.3) is 5.56 Å². The number of carbonyl (C=O) groups excluding carboxylic acids is 2. The molecular weight excluding hydrogens is 477 g/mol. The molecule has 0 saturated carbocycles. The fourth-order valence-electron chi connectivity index (χ4n) is 2.67. The highest BCUT2D eigenvalue weighted by atomic mass is 79.9. The summed E-state index contributed by atoms with van der Waals surface area (Å²) in [4.78, 5) is 48.7. The Morgan fingerprint density at radius 2 is 2.03 bits per heavy atom. The third-order valence-electron chi connectivity index (χ3n) is 4.06. The van der Waals surface area contributed by atoms with Crippen LogP contribution in [-0.2, 0) is 16.1 Å². The number of carbonyl (C=O) groups is 2. The topological polar surface area (TPSA) is 128 Å². The van der Waals surface area contributed by atoms with Crippen molar-refractivity contribution in [2.24, 2.45) is 0 Å². The number of amides is 1. The van der Waals surface area contributed by atoms with E-state index in [2.05, 4.69) is 26.3 Å². The molecule has 162 valence electrons. The van der Waals surface area contributed by atoms with E-state index in [0.29, 0.717) is 17.6 Å². The fourth-order valence-corrected chi connectivity index (χ4v) is 3.12. The maximum absolute atomic E-state index is 13.2. The Bertz CT molecular complexity index is 1250. The lowest BCUT2D eigenvalue weighted by atomic mass is 10.3. The Morgan fingerprint density at radius 1 is 1.29 bits per heavy atom. The zero-order chi connectivity index (χ0) is 22.5. The van der Waals surface area contributed by atoms with Gasteiger partial charge in [-0.25, -0.2) is 14.3 Å². The zero-order valence-electron chi connectivity index (χ0n) is 16.2. The molecular formula is C19H17BrFN5O5. The predicted molar refractivity (Wildman–Crippen MR) is 111 cm³/mol. The number of rotatable bonds is 7. The average molecular weight is 494 g/mol. The van der Waals surface area contributed by atoms with Crippen molar-refractivity contribution in [3.63, 3.8) is 0 Å². The highest BCUT2D eigenvalue weighted by Crippen LogP contribution is 2.22. The molecule has 31 heavy (non-hydrogen) atoms. The molecule has 0 atom stereocenters. The lowest BCUT2D eigenvalue weighted by Crippen LogP contribution is -2.37. The van der Waals surface area contributed by atoms with Gasteiger partial charge >= 0.3 is 11.7 Å². The quantitative estimate of drug-likeness (QED) is 0.371. The number of benzene rings is 1. The smallest absolute Gasteiger partial charge is 0.357 e. The van der Waals surface area contributed by atoms with Crippen LogP contribution in [0.5, 0.6) is 0 Å². The molecule has 0 aliphatic heterocycles. The molecule has 2 aromatic heterocycles. The molecule has 2 N–H and O–H groups in total. The first-order valence-corrected chi connectivity index (χ1v) is 9.80. The van der Waals surface area contributed by atoms with Crippen LogP contribution >= 0.6 is 15.9 Å². The third kappa shape index (κ3) is 5.34. The van der Waals surface area contributed by atoms with E-state index in [1.165, 1.54) is 4.68 Å². The molecule has 0 fully saturated rings. The first-order valence-electron chi connectivity index (χ1n) is 9.01. The second-order valence-corrected chi connectivity index (χ2v) is 7.24. The fraction of sp³-hybridized carbons (Fsp3) is 0.211. The van der Waals surface area contributed by atoms with Crippen LogP contribution in [0, 0.1) is 12.7 Å². The standard InChI is InChI=1S/C19H17BrFN5O5/c1-11-8-15(26(24-11)14-5-3-2-4-12(14)20)18(29)31-7-6-22-16(27)10-25-9-13(21)17(28)23-19(25)30/h2-5,8-9H,6-7,10H2,1H3,(H,22,27)(H,23,28,30). The molecule has 0 aliphatic carbocycles. The molecule has 1 aromatic carbocycles. The number of ether oxygens (including phenoxy) is 1. The number of esters is 1. The summed E-state index contributed by atoms with van der Waals surface area (Å²) < 4.78 is 21.4. The second kappa shape index (κ2) is 9.51. The highest BCUT2D eigenvalue weighted by Gasteiger charge is 2.18. The number of halogens is 2. The molecule has 0 aliphatic rings. The van der Waals surface area contributed by atoms with Gasteiger partial charge in [0.05, 0.1) is 24.1 Å². The van der Waals surface area contributed by atoms with Gasteiger partial charge in [0.15, 0.2) is 5.69 Å². The Hall–Kier alpha value is -3.54. The van der Waals surface area contributed by atoms with Gasteiger partial charge in [-0.15, -0.1) is 0 Å². The summed E-state index contributed by atoms with van der Waals surface area (Å²) in [5.41, 5.74) is -0.579. The first kappa shape index (κ1) is 22.2. The number of aromatic nitrogens is 4. The van der Waals surface area contributed by atoms with Crippen LogP contribution in [-0.4, -0.2) is 44.4 Å². The number of H-pyrrole nitrogens is 1. The van der Waals surface area contributed by atoms with Crippen LogP contribution in [0.1, 0.15) is 16.2 Å². The predicted octanol–water partition coefficient (Wildman–Crippen LogP) is 0.906. The van der Waals surface area contributed by atoms with E-state index >= 15 is 0 Å². The van der Waals surface area contributed by atoms with Gasteiger partial charge in [0.2, 0.25) is 11.7 Å². The van der Waals surface area contributed by atoms with Crippen LogP contribution in [0.25, 0.3) is 5.69 Å². The first-order chi connectivity index (χ1) is 14.8. The summed E-state index contributed by atoms with van der Waals surface area (Å²) in [6.45, 7) is 1.06. The van der Waals surface area contributed by atoms with Crippen LogP contribution in [0.2, 0.25) is 0 Å². The molecule has 0 unspecified atom stereocenters. The van der Waals surface area contributed by atoms with Crippen molar-refractivity contribution in [2.75, 3.05) is 13.2 Å². The summed E-state index contributed by atoms with van der Waals surface area (Å²) in [5.74, 6) is -2.44. The Kier molecular flexibility index (Phi) is 6.80. The Balaban J connectivity index is 1.56. The van der Waals surface area contributed by atoms with E-state index < -0.39 is 35.5 Å². The van der Waals surface area contributed by atoms with Gasteiger partial charge < -0.3 is 10.1 Å². The van der Waals surface area contributed by atoms with Crippen molar-refractivity contribution in [1.29, 1.82) is 0 Å². The van der Waals surface area contributed by atoms with E-state index in [0.717, 1.165) is 9.04 Å². The van der Waals surface area contributed by atoms with Gasteiger partial charge in [-0.05, 0) is 41.1 Å². The summed E-state index contributed by atoms with van der Waals surface area (Å²) in [5, 5.41) is 6.76. The van der Waals surface area contributed by atoms with E-state index in [9.17, 15) is 23.6 Å². The number of hydrogen-bond acceptors (Lipinski definition) is 6. The third-order valence-corrected chi connectivity index (χ3v) is 4.73. The number of nitrogens with zero attached hydrogens (tertiary/aromatic N) is 3. The van der Waals surface area contributed by atoms with Crippen molar-refractivity contribution in [1.82, 2.24) is 24.6 Å². The highest BCUT2D eigenvalue weighted by molar-refractivity contribution is 9.10. The molecule has 3 aromatic rings. The Labute approximate surface area is 182 Å². The molecule has 3 rings (SSSR count). The summed E-state index contributed by atoms with van der Waals surface area (Å²) in [6.07, 6.45) is 0.645. The minimum Gasteiger partial charge on any atom is -0.459 e. The molecule has 10 nitrogen and oxygen atoms in total. The van der Waals surface area contributed by atoms with E-state index in [1.54, 1.807) is 30.1 Å². The minimum absolute atomic E-state index is 0.0344. The molecule has 0 saturated heterocycles. The summed E-state index contributed by atoms with van der Waals surface area (Å²) >= 11 is 3.42. The maximum Gasteiger partial charge on any atom is 0.357 e.